The maximum Gasteiger partial charge on any atom is 0.243 e. The Morgan fingerprint density at radius 2 is 2.06 bits per heavy atom. The van der Waals surface area contributed by atoms with Crippen molar-refractivity contribution < 1.29 is 8.42 Å². The highest BCUT2D eigenvalue weighted by molar-refractivity contribution is 9.10. The number of halogens is 1. The number of nitrogens with zero attached hydrogens (tertiary/aromatic N) is 1. The minimum absolute atomic E-state index is 0.162. The Kier molecular flexibility index (Phi) is 2.98. The predicted molar refractivity (Wildman–Crippen MR) is 66.5 cm³/mol. The predicted octanol–water partition coefficient (Wildman–Crippen LogP) is 1.81. The fourth-order valence-electron chi connectivity index (χ4n) is 1.48. The van der Waals surface area contributed by atoms with E-state index in [0.29, 0.717) is 10.2 Å². The third-order valence-electron chi connectivity index (χ3n) is 2.71. The molecule has 0 radical (unpaired) electrons. The topological polar surface area (TPSA) is 63.4 Å². The largest absolute Gasteiger partial charge is 0.398 e. The second-order valence-corrected chi connectivity index (χ2v) is 6.79. The second kappa shape index (κ2) is 4.01. The highest BCUT2D eigenvalue weighted by Crippen LogP contribution is 2.31. The monoisotopic (exact) mass is 304 g/mol. The van der Waals surface area contributed by atoms with Gasteiger partial charge in [0.15, 0.2) is 0 Å². The maximum absolute atomic E-state index is 12.1. The van der Waals surface area contributed by atoms with Gasteiger partial charge in [0.05, 0.1) is 4.90 Å². The molecular formula is C10H13BrN2O2S. The van der Waals surface area contributed by atoms with Crippen molar-refractivity contribution in [2.75, 3.05) is 12.8 Å². The van der Waals surface area contributed by atoms with Crippen molar-refractivity contribution in [1.82, 2.24) is 4.31 Å². The summed E-state index contributed by atoms with van der Waals surface area (Å²) in [6, 6.07) is 4.87. The van der Waals surface area contributed by atoms with E-state index in [2.05, 4.69) is 15.9 Å². The Bertz CT molecular complexity index is 512. The van der Waals surface area contributed by atoms with E-state index >= 15 is 0 Å². The van der Waals surface area contributed by atoms with Crippen molar-refractivity contribution in [1.29, 1.82) is 0 Å². The van der Waals surface area contributed by atoms with Crippen LogP contribution in [0.25, 0.3) is 0 Å². The minimum Gasteiger partial charge on any atom is -0.398 e. The molecule has 2 N–H and O–H groups in total. The van der Waals surface area contributed by atoms with Crippen molar-refractivity contribution in [3.05, 3.63) is 22.7 Å². The van der Waals surface area contributed by atoms with E-state index in [1.807, 2.05) is 0 Å². The van der Waals surface area contributed by atoms with Crippen molar-refractivity contribution in [3.63, 3.8) is 0 Å². The van der Waals surface area contributed by atoms with E-state index in [4.69, 9.17) is 5.73 Å². The molecule has 4 nitrogen and oxygen atoms in total. The van der Waals surface area contributed by atoms with Gasteiger partial charge in [0, 0.05) is 23.2 Å². The molecule has 0 aromatic heterocycles. The molecule has 1 aliphatic carbocycles. The molecule has 1 aromatic rings. The van der Waals surface area contributed by atoms with Crippen LogP contribution in [-0.2, 0) is 10.0 Å². The summed E-state index contributed by atoms with van der Waals surface area (Å²) < 4.78 is 26.4. The van der Waals surface area contributed by atoms with Gasteiger partial charge in [-0.1, -0.05) is 0 Å². The lowest BCUT2D eigenvalue weighted by Crippen LogP contribution is -2.28. The number of hydrogen-bond donors (Lipinski definition) is 1. The molecule has 1 fully saturated rings. The minimum atomic E-state index is -3.38. The Hall–Kier alpha value is -0.590. The zero-order valence-corrected chi connectivity index (χ0v) is 11.3. The second-order valence-electron chi connectivity index (χ2n) is 3.94. The number of benzene rings is 1. The lowest BCUT2D eigenvalue weighted by atomic mass is 10.3. The van der Waals surface area contributed by atoms with Crippen molar-refractivity contribution in [2.45, 2.75) is 23.8 Å². The highest BCUT2D eigenvalue weighted by Gasteiger charge is 2.35. The molecule has 0 amide bonds. The van der Waals surface area contributed by atoms with Gasteiger partial charge in [-0.25, -0.2) is 8.42 Å². The van der Waals surface area contributed by atoms with Gasteiger partial charge in [-0.15, -0.1) is 0 Å². The van der Waals surface area contributed by atoms with Crippen LogP contribution in [-0.4, -0.2) is 25.8 Å². The summed E-state index contributed by atoms with van der Waals surface area (Å²) in [5.74, 6) is 0. The number of anilines is 1. The summed E-state index contributed by atoms with van der Waals surface area (Å²) >= 11 is 3.24. The summed E-state index contributed by atoms with van der Waals surface area (Å²) in [6.07, 6.45) is 1.89. The summed E-state index contributed by atoms with van der Waals surface area (Å²) in [6.45, 7) is 0. The molecule has 1 aliphatic rings. The van der Waals surface area contributed by atoms with Gasteiger partial charge in [0.25, 0.3) is 0 Å². The van der Waals surface area contributed by atoms with Crippen molar-refractivity contribution in [2.24, 2.45) is 0 Å². The standard InChI is InChI=1S/C10H13BrN2O2S/c1-13(7-2-3-7)16(14,15)8-4-5-9(11)10(12)6-8/h4-7H,2-3,12H2,1H3. The number of hydrogen-bond acceptors (Lipinski definition) is 3. The van der Waals surface area contributed by atoms with E-state index in [9.17, 15) is 8.42 Å². The molecular weight excluding hydrogens is 292 g/mol. The number of nitrogen functional groups attached to an aromatic ring is 1. The van der Waals surface area contributed by atoms with Crippen LogP contribution in [0.5, 0.6) is 0 Å². The first kappa shape index (κ1) is 11.9. The van der Waals surface area contributed by atoms with Gasteiger partial charge >= 0.3 is 0 Å². The molecule has 0 heterocycles. The van der Waals surface area contributed by atoms with Crippen LogP contribution in [0.3, 0.4) is 0 Å². The quantitative estimate of drug-likeness (QED) is 0.866. The van der Waals surface area contributed by atoms with Crippen LogP contribution in [0.2, 0.25) is 0 Å². The first-order valence-corrected chi connectivity index (χ1v) is 7.19. The zero-order valence-electron chi connectivity index (χ0n) is 8.85. The molecule has 0 aliphatic heterocycles. The van der Waals surface area contributed by atoms with Crippen LogP contribution >= 0.6 is 15.9 Å². The first-order chi connectivity index (χ1) is 7.43. The van der Waals surface area contributed by atoms with E-state index in [1.165, 1.54) is 10.4 Å². The Labute approximate surface area is 104 Å². The fraction of sp³-hybridized carbons (Fsp3) is 0.400. The van der Waals surface area contributed by atoms with E-state index in [-0.39, 0.29) is 10.9 Å². The van der Waals surface area contributed by atoms with Gasteiger partial charge in [-0.05, 0) is 47.0 Å². The average Bonchev–Trinajstić information content (AvgIpc) is 3.04. The van der Waals surface area contributed by atoms with E-state index < -0.39 is 10.0 Å². The summed E-state index contributed by atoms with van der Waals surface area (Å²) in [5, 5.41) is 0. The Balaban J connectivity index is 2.38. The van der Waals surface area contributed by atoms with Gasteiger partial charge in [-0.3, -0.25) is 0 Å². The molecule has 0 saturated heterocycles. The normalized spacial score (nSPS) is 16.7. The van der Waals surface area contributed by atoms with E-state index in [0.717, 1.165) is 12.8 Å². The molecule has 0 spiro atoms. The van der Waals surface area contributed by atoms with Gasteiger partial charge in [0.1, 0.15) is 0 Å². The van der Waals surface area contributed by atoms with Crippen LogP contribution < -0.4 is 5.73 Å². The van der Waals surface area contributed by atoms with Crippen LogP contribution in [0, 0.1) is 0 Å². The van der Waals surface area contributed by atoms with E-state index in [1.54, 1.807) is 19.2 Å². The smallest absolute Gasteiger partial charge is 0.243 e. The highest BCUT2D eigenvalue weighted by atomic mass is 79.9. The van der Waals surface area contributed by atoms with Crippen LogP contribution in [0.4, 0.5) is 5.69 Å². The molecule has 1 saturated carbocycles. The average molecular weight is 305 g/mol. The van der Waals surface area contributed by atoms with Crippen molar-refractivity contribution >= 4 is 31.6 Å². The molecule has 1 aromatic carbocycles. The number of nitrogens with two attached hydrogens (primary N) is 1. The van der Waals surface area contributed by atoms with Crippen LogP contribution in [0.1, 0.15) is 12.8 Å². The first-order valence-electron chi connectivity index (χ1n) is 4.96. The molecule has 0 atom stereocenters. The Morgan fingerprint density at radius 1 is 1.44 bits per heavy atom. The summed E-state index contributed by atoms with van der Waals surface area (Å²) in [7, 11) is -1.77. The molecule has 0 unspecified atom stereocenters. The summed E-state index contributed by atoms with van der Waals surface area (Å²) in [4.78, 5) is 0.252. The van der Waals surface area contributed by atoms with Crippen molar-refractivity contribution in [3.8, 4) is 0 Å². The SMILES string of the molecule is CN(C1CC1)S(=O)(=O)c1ccc(Br)c(N)c1. The summed E-state index contributed by atoms with van der Waals surface area (Å²) in [5.41, 5.74) is 6.11. The molecule has 88 valence electrons. The molecule has 16 heavy (non-hydrogen) atoms. The molecule has 0 bridgehead atoms. The third-order valence-corrected chi connectivity index (χ3v) is 5.33. The molecule has 6 heteroatoms. The van der Waals surface area contributed by atoms with Gasteiger partial charge in [-0.2, -0.15) is 4.31 Å². The lowest BCUT2D eigenvalue weighted by Gasteiger charge is -2.16. The Morgan fingerprint density at radius 3 is 2.56 bits per heavy atom. The number of rotatable bonds is 3. The van der Waals surface area contributed by atoms with Gasteiger partial charge in [0.2, 0.25) is 10.0 Å². The lowest BCUT2D eigenvalue weighted by molar-refractivity contribution is 0.464. The van der Waals surface area contributed by atoms with Gasteiger partial charge < -0.3 is 5.73 Å². The van der Waals surface area contributed by atoms with Crippen LogP contribution in [0.15, 0.2) is 27.6 Å². The zero-order chi connectivity index (χ0) is 11.9. The fourth-order valence-corrected chi connectivity index (χ4v) is 3.18. The third kappa shape index (κ3) is 2.09. The number of sulfonamides is 1. The molecule has 2 rings (SSSR count). The maximum atomic E-state index is 12.1.